The number of anilines is 1. The third-order valence-corrected chi connectivity index (χ3v) is 3.40. The van der Waals surface area contributed by atoms with Crippen LogP contribution in [0.5, 0.6) is 0 Å². The van der Waals surface area contributed by atoms with E-state index in [0.717, 1.165) is 0 Å². The predicted molar refractivity (Wildman–Crippen MR) is 87.3 cm³/mol. The number of rotatable bonds is 5. The van der Waals surface area contributed by atoms with Crippen molar-refractivity contribution < 1.29 is 23.5 Å². The molecule has 1 aromatic heterocycles. The molecule has 8 heteroatoms. The van der Waals surface area contributed by atoms with E-state index in [1.807, 2.05) is 0 Å². The molecule has 0 fully saturated rings. The molecule has 0 atom stereocenters. The SMILES string of the molecule is CCOC(=O)c1c(C)oc(NC(=O)c2ccc(Cl)cc2)c1C(N)=O. The van der Waals surface area contributed by atoms with Gasteiger partial charge in [-0.2, -0.15) is 0 Å². The summed E-state index contributed by atoms with van der Waals surface area (Å²) in [5.41, 5.74) is 5.28. The van der Waals surface area contributed by atoms with Crippen molar-refractivity contribution >= 4 is 35.3 Å². The van der Waals surface area contributed by atoms with Crippen LogP contribution >= 0.6 is 11.6 Å². The Morgan fingerprint density at radius 1 is 1.21 bits per heavy atom. The number of hydrogen-bond acceptors (Lipinski definition) is 5. The molecule has 2 amide bonds. The number of benzene rings is 1. The van der Waals surface area contributed by atoms with Gasteiger partial charge in [0.2, 0.25) is 5.88 Å². The van der Waals surface area contributed by atoms with Crippen molar-refractivity contribution in [1.29, 1.82) is 0 Å². The molecule has 3 N–H and O–H groups in total. The van der Waals surface area contributed by atoms with Crippen LogP contribution in [0.2, 0.25) is 5.02 Å². The molecule has 2 rings (SSSR count). The van der Waals surface area contributed by atoms with Gasteiger partial charge in [0.1, 0.15) is 16.9 Å². The van der Waals surface area contributed by atoms with Gasteiger partial charge in [-0.25, -0.2) is 4.79 Å². The Bertz CT molecular complexity index is 796. The van der Waals surface area contributed by atoms with Gasteiger partial charge in [0, 0.05) is 10.6 Å². The second kappa shape index (κ2) is 7.18. The number of hydrogen-bond donors (Lipinski definition) is 2. The van der Waals surface area contributed by atoms with Crippen LogP contribution in [0.4, 0.5) is 5.88 Å². The smallest absolute Gasteiger partial charge is 0.342 e. The average molecular weight is 351 g/mol. The Labute approximate surface area is 142 Å². The van der Waals surface area contributed by atoms with Gasteiger partial charge in [-0.15, -0.1) is 0 Å². The van der Waals surface area contributed by atoms with Gasteiger partial charge in [0.05, 0.1) is 6.61 Å². The molecule has 0 radical (unpaired) electrons. The lowest BCUT2D eigenvalue weighted by Crippen LogP contribution is -2.20. The molecule has 24 heavy (non-hydrogen) atoms. The van der Waals surface area contributed by atoms with E-state index in [2.05, 4.69) is 5.32 Å². The first-order valence-electron chi connectivity index (χ1n) is 7.02. The molecule has 126 valence electrons. The summed E-state index contributed by atoms with van der Waals surface area (Å²) in [5.74, 6) is -2.30. The van der Waals surface area contributed by atoms with Crippen LogP contribution in [0, 0.1) is 6.92 Å². The fraction of sp³-hybridized carbons (Fsp3) is 0.188. The number of nitrogens with one attached hydrogen (secondary N) is 1. The van der Waals surface area contributed by atoms with Crippen LogP contribution in [0.1, 0.15) is 43.8 Å². The number of carbonyl (C=O) groups excluding carboxylic acids is 3. The summed E-state index contributed by atoms with van der Waals surface area (Å²) in [6.07, 6.45) is 0. The molecule has 2 aromatic rings. The lowest BCUT2D eigenvalue weighted by molar-refractivity contribution is 0.0521. The van der Waals surface area contributed by atoms with Gasteiger partial charge in [-0.3, -0.25) is 14.9 Å². The second-order valence-corrected chi connectivity index (χ2v) is 5.22. The predicted octanol–water partition coefficient (Wildman–Crippen LogP) is 2.77. The van der Waals surface area contributed by atoms with Gasteiger partial charge >= 0.3 is 5.97 Å². The Balaban J connectivity index is 2.38. The molecule has 0 spiro atoms. The summed E-state index contributed by atoms with van der Waals surface area (Å²) < 4.78 is 10.2. The quantitative estimate of drug-likeness (QED) is 0.805. The maximum absolute atomic E-state index is 12.2. The van der Waals surface area contributed by atoms with Gasteiger partial charge in [-0.1, -0.05) is 11.6 Å². The number of primary amides is 1. The highest BCUT2D eigenvalue weighted by molar-refractivity contribution is 6.30. The zero-order chi connectivity index (χ0) is 17.9. The van der Waals surface area contributed by atoms with E-state index >= 15 is 0 Å². The summed E-state index contributed by atoms with van der Waals surface area (Å²) in [7, 11) is 0. The number of aryl methyl sites for hydroxylation is 1. The summed E-state index contributed by atoms with van der Waals surface area (Å²) in [5, 5.41) is 2.90. The Morgan fingerprint density at radius 3 is 2.38 bits per heavy atom. The maximum atomic E-state index is 12.2. The van der Waals surface area contributed by atoms with Crippen LogP contribution in [0.3, 0.4) is 0 Å². The topological polar surface area (TPSA) is 112 Å². The Kier molecular flexibility index (Phi) is 5.25. The van der Waals surface area contributed by atoms with Crippen molar-refractivity contribution in [3.05, 3.63) is 51.7 Å². The molecule has 1 aromatic carbocycles. The van der Waals surface area contributed by atoms with Gasteiger partial charge in [0.15, 0.2) is 0 Å². The van der Waals surface area contributed by atoms with Gasteiger partial charge in [-0.05, 0) is 38.1 Å². The molecule has 0 aliphatic heterocycles. The van der Waals surface area contributed by atoms with E-state index in [1.165, 1.54) is 19.1 Å². The standard InChI is InChI=1S/C16H15ClN2O5/c1-3-23-16(22)11-8(2)24-15(12(11)13(18)20)19-14(21)9-4-6-10(17)7-5-9/h4-7H,3H2,1-2H3,(H2,18,20)(H,19,21). The number of furan rings is 1. The third-order valence-electron chi connectivity index (χ3n) is 3.14. The van der Waals surface area contributed by atoms with Crippen LogP contribution < -0.4 is 11.1 Å². The van der Waals surface area contributed by atoms with Crippen molar-refractivity contribution in [2.75, 3.05) is 11.9 Å². The zero-order valence-corrected chi connectivity index (χ0v) is 13.8. The van der Waals surface area contributed by atoms with E-state index in [9.17, 15) is 14.4 Å². The minimum atomic E-state index is -0.915. The maximum Gasteiger partial charge on any atom is 0.342 e. The molecule has 0 unspecified atom stereocenters. The van der Waals surface area contributed by atoms with E-state index in [1.54, 1.807) is 19.1 Å². The average Bonchev–Trinajstić information content (AvgIpc) is 2.84. The van der Waals surface area contributed by atoms with Crippen LogP contribution in [0.15, 0.2) is 28.7 Å². The summed E-state index contributed by atoms with van der Waals surface area (Å²) in [6.45, 7) is 3.21. The highest BCUT2D eigenvalue weighted by atomic mass is 35.5. The molecular weight excluding hydrogens is 336 g/mol. The number of ether oxygens (including phenoxy) is 1. The first kappa shape index (κ1) is 17.6. The number of nitrogens with two attached hydrogens (primary N) is 1. The van der Waals surface area contributed by atoms with Crippen LogP contribution in [-0.2, 0) is 4.74 Å². The molecule has 1 heterocycles. The lowest BCUT2D eigenvalue weighted by Gasteiger charge is -2.05. The van der Waals surface area contributed by atoms with E-state index in [0.29, 0.717) is 10.6 Å². The molecule has 0 bridgehead atoms. The Morgan fingerprint density at radius 2 is 1.83 bits per heavy atom. The van der Waals surface area contributed by atoms with E-state index < -0.39 is 17.8 Å². The van der Waals surface area contributed by atoms with Crippen molar-refractivity contribution in [1.82, 2.24) is 0 Å². The number of halogens is 1. The summed E-state index contributed by atoms with van der Waals surface area (Å²) >= 11 is 5.77. The van der Waals surface area contributed by atoms with Crippen LogP contribution in [-0.4, -0.2) is 24.4 Å². The monoisotopic (exact) mass is 350 g/mol. The minimum absolute atomic E-state index is 0.101. The van der Waals surface area contributed by atoms with E-state index in [-0.39, 0.29) is 29.4 Å². The number of esters is 1. The van der Waals surface area contributed by atoms with Gasteiger partial charge in [0.25, 0.3) is 11.8 Å². The third kappa shape index (κ3) is 3.57. The van der Waals surface area contributed by atoms with Crippen LogP contribution in [0.25, 0.3) is 0 Å². The second-order valence-electron chi connectivity index (χ2n) is 4.78. The Hall–Kier alpha value is -2.80. The van der Waals surface area contributed by atoms with Crippen molar-refractivity contribution in [3.63, 3.8) is 0 Å². The van der Waals surface area contributed by atoms with Crippen molar-refractivity contribution in [2.45, 2.75) is 13.8 Å². The zero-order valence-electron chi connectivity index (χ0n) is 13.0. The molecule has 7 nitrogen and oxygen atoms in total. The molecular formula is C16H15ClN2O5. The highest BCUT2D eigenvalue weighted by Crippen LogP contribution is 2.28. The molecule has 0 saturated carbocycles. The largest absolute Gasteiger partial charge is 0.462 e. The first-order chi connectivity index (χ1) is 11.3. The fourth-order valence-corrected chi connectivity index (χ4v) is 2.22. The van der Waals surface area contributed by atoms with Gasteiger partial charge < -0.3 is 14.9 Å². The van der Waals surface area contributed by atoms with Crippen molar-refractivity contribution in [3.8, 4) is 0 Å². The molecule has 0 saturated heterocycles. The van der Waals surface area contributed by atoms with Crippen molar-refractivity contribution in [2.24, 2.45) is 5.73 Å². The number of amides is 2. The lowest BCUT2D eigenvalue weighted by atomic mass is 10.1. The number of carbonyl (C=O) groups is 3. The molecule has 0 aliphatic carbocycles. The first-order valence-corrected chi connectivity index (χ1v) is 7.40. The summed E-state index contributed by atoms with van der Waals surface area (Å²) in [6, 6.07) is 6.10. The molecule has 0 aliphatic rings. The normalized spacial score (nSPS) is 10.3. The highest BCUT2D eigenvalue weighted by Gasteiger charge is 2.29. The van der Waals surface area contributed by atoms with E-state index in [4.69, 9.17) is 26.5 Å². The summed E-state index contributed by atoms with van der Waals surface area (Å²) in [4.78, 5) is 35.9. The fourth-order valence-electron chi connectivity index (χ4n) is 2.09. The minimum Gasteiger partial charge on any atom is -0.462 e.